The molecule has 6 nitrogen and oxygen atoms in total. The molecule has 0 aliphatic carbocycles. The Labute approximate surface area is 443 Å². The van der Waals surface area contributed by atoms with Gasteiger partial charge in [0, 0.05) is 12.8 Å². The molecule has 0 aromatic heterocycles. The van der Waals surface area contributed by atoms with Crippen molar-refractivity contribution >= 4 is 11.9 Å². The van der Waals surface area contributed by atoms with Crippen LogP contribution >= 0.6 is 0 Å². The monoisotopic (exact) mass is 1000 g/mol. The molecular formula is C65H125NO5. The summed E-state index contributed by atoms with van der Waals surface area (Å²) in [6, 6.07) is -0.629. The van der Waals surface area contributed by atoms with Crippen LogP contribution in [0.25, 0.3) is 0 Å². The Morgan fingerprint density at radius 3 is 1.00 bits per heavy atom. The Morgan fingerprint density at radius 1 is 0.380 bits per heavy atom. The summed E-state index contributed by atoms with van der Waals surface area (Å²) in [5, 5.41) is 23.1. The maximum absolute atomic E-state index is 12.4. The molecule has 0 heterocycles. The zero-order valence-corrected chi connectivity index (χ0v) is 48.0. The average Bonchev–Trinajstić information content (AvgIpc) is 3.37. The molecule has 0 aromatic rings. The van der Waals surface area contributed by atoms with Crippen LogP contribution in [0.5, 0.6) is 0 Å². The topological polar surface area (TPSA) is 95.9 Å². The van der Waals surface area contributed by atoms with Gasteiger partial charge in [0.2, 0.25) is 5.91 Å². The van der Waals surface area contributed by atoms with Crippen LogP contribution in [0.1, 0.15) is 354 Å². The highest BCUT2D eigenvalue weighted by molar-refractivity contribution is 5.76. The molecule has 0 radical (unpaired) electrons. The van der Waals surface area contributed by atoms with Crippen molar-refractivity contribution in [3.8, 4) is 0 Å². The van der Waals surface area contributed by atoms with Gasteiger partial charge < -0.3 is 20.3 Å². The first kappa shape index (κ1) is 69.3. The molecule has 0 rings (SSSR count). The second-order valence-corrected chi connectivity index (χ2v) is 22.1. The number of hydrogen-bond donors (Lipinski definition) is 3. The van der Waals surface area contributed by atoms with Crippen LogP contribution in [0.4, 0.5) is 0 Å². The fourth-order valence-electron chi connectivity index (χ4n) is 10.0. The highest BCUT2D eigenvalue weighted by atomic mass is 16.5. The number of allylic oxidation sites excluding steroid dienone is 3. The summed E-state index contributed by atoms with van der Waals surface area (Å²) in [6.45, 7) is 4.92. The van der Waals surface area contributed by atoms with Crippen LogP contribution in [-0.4, -0.2) is 47.4 Å². The average molecular weight is 1000 g/mol. The van der Waals surface area contributed by atoms with E-state index < -0.39 is 12.1 Å². The van der Waals surface area contributed by atoms with Gasteiger partial charge in [-0.15, -0.1) is 0 Å². The molecule has 1 amide bonds. The SMILES string of the molecule is CCCCCCCCCCCCC/C=C/C(O)C(CO)NC(=O)CCCCCCCCCCC/C=C\CCCCCCCCCCCCCCOC(=O)CCCCCCCCCCCCCCCCCC. The zero-order chi connectivity index (χ0) is 51.4. The third-order valence-electron chi connectivity index (χ3n) is 15.0. The molecule has 71 heavy (non-hydrogen) atoms. The Morgan fingerprint density at radius 2 is 0.662 bits per heavy atom. The fourth-order valence-corrected chi connectivity index (χ4v) is 10.0. The molecule has 420 valence electrons. The highest BCUT2D eigenvalue weighted by Gasteiger charge is 2.18. The number of unbranched alkanes of at least 4 members (excludes halogenated alkanes) is 47. The first-order chi connectivity index (χ1) is 35.0. The van der Waals surface area contributed by atoms with Gasteiger partial charge in [0.15, 0.2) is 0 Å². The Bertz CT molecular complexity index is 1110. The van der Waals surface area contributed by atoms with Gasteiger partial charge in [-0.05, 0) is 57.8 Å². The molecule has 0 aliphatic heterocycles. The van der Waals surface area contributed by atoms with Gasteiger partial charge in [0.25, 0.3) is 0 Å². The molecule has 0 spiro atoms. The Kier molecular flexibility index (Phi) is 59.5. The number of carbonyl (C=O) groups is 2. The van der Waals surface area contributed by atoms with E-state index in [4.69, 9.17) is 4.74 Å². The van der Waals surface area contributed by atoms with E-state index in [1.54, 1.807) is 6.08 Å². The second-order valence-electron chi connectivity index (χ2n) is 22.1. The zero-order valence-electron chi connectivity index (χ0n) is 48.0. The summed E-state index contributed by atoms with van der Waals surface area (Å²) in [6.07, 6.45) is 75.2. The molecule has 3 N–H and O–H groups in total. The van der Waals surface area contributed by atoms with Crippen LogP contribution in [0.15, 0.2) is 24.3 Å². The van der Waals surface area contributed by atoms with E-state index in [9.17, 15) is 19.8 Å². The minimum Gasteiger partial charge on any atom is -0.466 e. The van der Waals surface area contributed by atoms with Crippen molar-refractivity contribution in [2.75, 3.05) is 13.2 Å². The first-order valence-corrected chi connectivity index (χ1v) is 32.1. The van der Waals surface area contributed by atoms with Gasteiger partial charge >= 0.3 is 5.97 Å². The minimum absolute atomic E-state index is 0.0168. The van der Waals surface area contributed by atoms with E-state index in [0.717, 1.165) is 38.5 Å². The number of aliphatic hydroxyl groups is 2. The molecule has 0 aliphatic rings. The van der Waals surface area contributed by atoms with Crippen molar-refractivity contribution in [1.29, 1.82) is 0 Å². The molecule has 0 saturated heterocycles. The van der Waals surface area contributed by atoms with Crippen LogP contribution in [0, 0.1) is 0 Å². The number of carbonyl (C=O) groups excluding carboxylic acids is 2. The Balaban J connectivity index is 3.39. The van der Waals surface area contributed by atoms with Crippen LogP contribution in [0.2, 0.25) is 0 Å². The number of rotatable bonds is 60. The molecule has 0 bridgehead atoms. The van der Waals surface area contributed by atoms with E-state index >= 15 is 0 Å². The van der Waals surface area contributed by atoms with E-state index in [1.807, 2.05) is 6.08 Å². The predicted molar refractivity (Wildman–Crippen MR) is 310 cm³/mol. The number of nitrogens with one attached hydrogen (secondary N) is 1. The molecule has 6 heteroatoms. The molecule has 0 saturated carbocycles. The van der Waals surface area contributed by atoms with Crippen molar-refractivity contribution in [2.24, 2.45) is 0 Å². The van der Waals surface area contributed by atoms with Crippen molar-refractivity contribution in [2.45, 2.75) is 366 Å². The fraction of sp³-hybridized carbons (Fsp3) is 0.908. The highest BCUT2D eigenvalue weighted by Crippen LogP contribution is 2.18. The summed E-state index contributed by atoms with van der Waals surface area (Å²) in [4.78, 5) is 24.5. The largest absolute Gasteiger partial charge is 0.466 e. The van der Waals surface area contributed by atoms with E-state index in [1.165, 1.54) is 289 Å². The van der Waals surface area contributed by atoms with Crippen molar-refractivity contribution in [3.05, 3.63) is 24.3 Å². The van der Waals surface area contributed by atoms with E-state index in [-0.39, 0.29) is 18.5 Å². The quantitative estimate of drug-likeness (QED) is 0.0320. The maximum atomic E-state index is 12.4. The van der Waals surface area contributed by atoms with Gasteiger partial charge in [-0.2, -0.15) is 0 Å². The minimum atomic E-state index is -0.845. The van der Waals surface area contributed by atoms with Crippen LogP contribution < -0.4 is 5.32 Å². The lowest BCUT2D eigenvalue weighted by Gasteiger charge is -2.20. The normalized spacial score (nSPS) is 12.7. The molecular weight excluding hydrogens is 875 g/mol. The number of esters is 1. The lowest BCUT2D eigenvalue weighted by Crippen LogP contribution is -2.45. The number of hydrogen-bond acceptors (Lipinski definition) is 5. The van der Waals surface area contributed by atoms with Gasteiger partial charge in [-0.3, -0.25) is 9.59 Å². The van der Waals surface area contributed by atoms with Crippen molar-refractivity contribution < 1.29 is 24.5 Å². The Hall–Kier alpha value is -1.66. The summed E-state index contributed by atoms with van der Waals surface area (Å²) < 4.78 is 5.50. The summed E-state index contributed by atoms with van der Waals surface area (Å²) in [5.41, 5.74) is 0. The third-order valence-corrected chi connectivity index (χ3v) is 15.0. The smallest absolute Gasteiger partial charge is 0.305 e. The van der Waals surface area contributed by atoms with Gasteiger partial charge in [-0.25, -0.2) is 0 Å². The van der Waals surface area contributed by atoms with E-state index in [2.05, 4.69) is 31.3 Å². The van der Waals surface area contributed by atoms with Gasteiger partial charge in [0.05, 0.1) is 25.4 Å². The van der Waals surface area contributed by atoms with Crippen LogP contribution in [0.3, 0.4) is 0 Å². The number of aliphatic hydroxyl groups excluding tert-OH is 2. The second kappa shape index (κ2) is 60.9. The molecule has 0 fully saturated rings. The number of amides is 1. The standard InChI is InChI=1S/C65H125NO5/c1-3-5-7-9-11-13-15-17-18-31-35-39-43-47-51-55-59-65(70)71-60-56-52-48-44-40-36-32-29-27-25-23-21-19-20-22-24-26-28-30-34-38-42-46-50-54-58-64(69)66-62(61-67)63(68)57-53-49-45-41-37-33-16-14-12-10-8-6-4-2/h20,22,53,57,62-63,67-68H,3-19,21,23-52,54-56,58-61H2,1-2H3,(H,66,69)/b22-20-,57-53+. The van der Waals surface area contributed by atoms with Crippen molar-refractivity contribution in [1.82, 2.24) is 5.32 Å². The summed E-state index contributed by atoms with van der Waals surface area (Å²) in [7, 11) is 0. The molecule has 2 unspecified atom stereocenters. The van der Waals surface area contributed by atoms with Crippen LogP contribution in [-0.2, 0) is 14.3 Å². The molecule has 0 aromatic carbocycles. The lowest BCUT2D eigenvalue weighted by molar-refractivity contribution is -0.143. The summed E-state index contributed by atoms with van der Waals surface area (Å²) in [5.74, 6) is -0.0533. The third kappa shape index (κ3) is 57.5. The predicted octanol–water partition coefficient (Wildman–Crippen LogP) is 20.2. The molecule has 2 atom stereocenters. The van der Waals surface area contributed by atoms with Gasteiger partial charge in [0.1, 0.15) is 0 Å². The lowest BCUT2D eigenvalue weighted by atomic mass is 10.0. The number of ether oxygens (including phenoxy) is 1. The van der Waals surface area contributed by atoms with Gasteiger partial charge in [-0.1, -0.05) is 308 Å². The first-order valence-electron chi connectivity index (χ1n) is 32.1. The summed E-state index contributed by atoms with van der Waals surface area (Å²) >= 11 is 0. The van der Waals surface area contributed by atoms with Crippen molar-refractivity contribution in [3.63, 3.8) is 0 Å². The maximum Gasteiger partial charge on any atom is 0.305 e. The van der Waals surface area contributed by atoms with E-state index in [0.29, 0.717) is 19.4 Å².